The van der Waals surface area contributed by atoms with Crippen LogP contribution in [0.1, 0.15) is 47.4 Å². The molecule has 1 amide bonds. The van der Waals surface area contributed by atoms with E-state index in [4.69, 9.17) is 0 Å². The molecule has 0 radical (unpaired) electrons. The predicted molar refractivity (Wildman–Crippen MR) is 93.6 cm³/mol. The lowest BCUT2D eigenvalue weighted by molar-refractivity contribution is 0.00764. The number of amides is 1. The standard InChI is InChI=1S/C20H24N2O2/c1-16-8-7-11-18(21-16)19(23)22(14-17-9-3-2-4-10-17)15-20(24)12-5-6-13-20/h2-4,7-11,24H,5-6,12-15H2,1H3. The first-order chi connectivity index (χ1) is 11.6. The fourth-order valence-corrected chi connectivity index (χ4v) is 3.37. The van der Waals surface area contributed by atoms with Crippen LogP contribution in [0.15, 0.2) is 48.5 Å². The summed E-state index contributed by atoms with van der Waals surface area (Å²) in [6.45, 7) is 2.72. The molecule has 1 aromatic heterocycles. The van der Waals surface area contributed by atoms with Gasteiger partial charge >= 0.3 is 0 Å². The average molecular weight is 324 g/mol. The normalized spacial score (nSPS) is 16.1. The summed E-state index contributed by atoms with van der Waals surface area (Å²) >= 11 is 0. The highest BCUT2D eigenvalue weighted by molar-refractivity contribution is 5.92. The number of aromatic nitrogens is 1. The SMILES string of the molecule is Cc1cccc(C(=O)N(Cc2ccccc2)CC2(O)CCCC2)n1. The van der Waals surface area contributed by atoms with Crippen LogP contribution < -0.4 is 0 Å². The fourth-order valence-electron chi connectivity index (χ4n) is 3.37. The number of benzene rings is 1. The van der Waals surface area contributed by atoms with Gasteiger partial charge in [-0.1, -0.05) is 49.2 Å². The van der Waals surface area contributed by atoms with Crippen LogP contribution in [0.4, 0.5) is 0 Å². The number of rotatable bonds is 5. The molecule has 24 heavy (non-hydrogen) atoms. The van der Waals surface area contributed by atoms with Crippen molar-refractivity contribution >= 4 is 5.91 Å². The maximum absolute atomic E-state index is 13.0. The first-order valence-corrected chi connectivity index (χ1v) is 8.55. The van der Waals surface area contributed by atoms with Gasteiger partial charge in [-0.25, -0.2) is 4.98 Å². The molecular formula is C20H24N2O2. The summed E-state index contributed by atoms with van der Waals surface area (Å²) in [5.41, 5.74) is 1.54. The van der Waals surface area contributed by atoms with Gasteiger partial charge in [-0.05, 0) is 37.5 Å². The molecular weight excluding hydrogens is 300 g/mol. The Bertz CT molecular complexity index is 694. The van der Waals surface area contributed by atoms with E-state index in [-0.39, 0.29) is 5.91 Å². The molecule has 1 heterocycles. The summed E-state index contributed by atoms with van der Waals surface area (Å²) in [5.74, 6) is -0.122. The van der Waals surface area contributed by atoms with Gasteiger partial charge in [0, 0.05) is 12.2 Å². The van der Waals surface area contributed by atoms with Gasteiger partial charge in [0.2, 0.25) is 0 Å². The third-order valence-corrected chi connectivity index (χ3v) is 4.63. The van der Waals surface area contributed by atoms with Crippen molar-refractivity contribution in [3.05, 3.63) is 65.5 Å². The minimum atomic E-state index is -0.770. The number of carbonyl (C=O) groups is 1. The van der Waals surface area contributed by atoms with Gasteiger partial charge in [0.05, 0.1) is 12.1 Å². The molecule has 0 bridgehead atoms. The maximum Gasteiger partial charge on any atom is 0.272 e. The Labute approximate surface area is 143 Å². The zero-order valence-corrected chi connectivity index (χ0v) is 14.1. The molecule has 0 spiro atoms. The van der Waals surface area contributed by atoms with Crippen LogP contribution in [-0.2, 0) is 6.54 Å². The largest absolute Gasteiger partial charge is 0.388 e. The summed E-state index contributed by atoms with van der Waals surface area (Å²) in [4.78, 5) is 19.1. The third-order valence-electron chi connectivity index (χ3n) is 4.63. The smallest absolute Gasteiger partial charge is 0.272 e. The number of pyridine rings is 1. The van der Waals surface area contributed by atoms with Crippen LogP contribution in [0.3, 0.4) is 0 Å². The summed E-state index contributed by atoms with van der Waals surface area (Å²) in [7, 11) is 0. The highest BCUT2D eigenvalue weighted by Gasteiger charge is 2.35. The van der Waals surface area contributed by atoms with Crippen LogP contribution in [0.2, 0.25) is 0 Å². The van der Waals surface area contributed by atoms with Crippen molar-refractivity contribution in [1.82, 2.24) is 9.88 Å². The molecule has 0 aliphatic heterocycles. The number of aryl methyl sites for hydroxylation is 1. The Hall–Kier alpha value is -2.20. The molecule has 1 aliphatic carbocycles. The van der Waals surface area contributed by atoms with Gasteiger partial charge in [-0.15, -0.1) is 0 Å². The van der Waals surface area contributed by atoms with E-state index in [0.29, 0.717) is 18.8 Å². The molecule has 4 nitrogen and oxygen atoms in total. The second-order valence-electron chi connectivity index (χ2n) is 6.74. The molecule has 4 heteroatoms. The second-order valence-corrected chi connectivity index (χ2v) is 6.74. The molecule has 1 fully saturated rings. The van der Waals surface area contributed by atoms with Crippen molar-refractivity contribution < 1.29 is 9.90 Å². The lowest BCUT2D eigenvalue weighted by Gasteiger charge is -2.31. The molecule has 0 unspecified atom stereocenters. The monoisotopic (exact) mass is 324 g/mol. The zero-order chi connectivity index (χ0) is 17.0. The van der Waals surface area contributed by atoms with Gasteiger partial charge in [0.25, 0.3) is 5.91 Å². The van der Waals surface area contributed by atoms with Gasteiger partial charge in [0.1, 0.15) is 5.69 Å². The zero-order valence-electron chi connectivity index (χ0n) is 14.1. The molecule has 0 atom stereocenters. The molecule has 2 aromatic rings. The van der Waals surface area contributed by atoms with E-state index in [1.54, 1.807) is 11.0 Å². The molecule has 126 valence electrons. The maximum atomic E-state index is 13.0. The van der Waals surface area contributed by atoms with Gasteiger partial charge in [-0.2, -0.15) is 0 Å². The lowest BCUT2D eigenvalue weighted by atomic mass is 10.0. The van der Waals surface area contributed by atoms with Crippen LogP contribution in [0.25, 0.3) is 0 Å². The van der Waals surface area contributed by atoms with Crippen molar-refractivity contribution in [2.45, 2.75) is 44.8 Å². The Kier molecular flexibility index (Phi) is 4.95. The summed E-state index contributed by atoms with van der Waals surface area (Å²) in [6.07, 6.45) is 3.55. The second kappa shape index (κ2) is 7.14. The molecule has 3 rings (SSSR count). The lowest BCUT2D eigenvalue weighted by Crippen LogP contribution is -2.44. The van der Waals surface area contributed by atoms with Gasteiger partial charge in [0.15, 0.2) is 0 Å². The third kappa shape index (κ3) is 4.01. The quantitative estimate of drug-likeness (QED) is 0.918. The topological polar surface area (TPSA) is 53.4 Å². The molecule has 1 aromatic carbocycles. The van der Waals surface area contributed by atoms with Gasteiger partial charge < -0.3 is 10.0 Å². The minimum Gasteiger partial charge on any atom is -0.388 e. The number of hydrogen-bond acceptors (Lipinski definition) is 3. The number of nitrogens with zero attached hydrogens (tertiary/aromatic N) is 2. The van der Waals surface area contributed by atoms with E-state index in [1.165, 1.54) is 0 Å². The molecule has 0 saturated heterocycles. The molecule has 1 N–H and O–H groups in total. The highest BCUT2D eigenvalue weighted by atomic mass is 16.3. The first kappa shape index (κ1) is 16.7. The van der Waals surface area contributed by atoms with E-state index in [2.05, 4.69) is 4.98 Å². The van der Waals surface area contributed by atoms with E-state index in [0.717, 1.165) is 36.9 Å². The summed E-state index contributed by atoms with van der Waals surface area (Å²) < 4.78 is 0. The Morgan fingerprint density at radius 1 is 1.12 bits per heavy atom. The first-order valence-electron chi connectivity index (χ1n) is 8.55. The number of aliphatic hydroxyl groups is 1. The summed E-state index contributed by atoms with van der Waals surface area (Å²) in [5, 5.41) is 10.8. The van der Waals surface area contributed by atoms with Crippen molar-refractivity contribution in [3.8, 4) is 0 Å². The van der Waals surface area contributed by atoms with E-state index >= 15 is 0 Å². The predicted octanol–water partition coefficient (Wildman–Crippen LogP) is 3.34. The number of hydrogen-bond donors (Lipinski definition) is 1. The Morgan fingerprint density at radius 2 is 1.83 bits per heavy atom. The highest BCUT2D eigenvalue weighted by Crippen LogP contribution is 2.31. The van der Waals surface area contributed by atoms with Crippen molar-refractivity contribution in [1.29, 1.82) is 0 Å². The van der Waals surface area contributed by atoms with Crippen LogP contribution in [-0.4, -0.2) is 33.0 Å². The van der Waals surface area contributed by atoms with E-state index < -0.39 is 5.60 Å². The van der Waals surface area contributed by atoms with Crippen LogP contribution in [0.5, 0.6) is 0 Å². The summed E-state index contributed by atoms with van der Waals surface area (Å²) in [6, 6.07) is 15.4. The van der Waals surface area contributed by atoms with Crippen LogP contribution >= 0.6 is 0 Å². The Balaban J connectivity index is 1.84. The van der Waals surface area contributed by atoms with Gasteiger partial charge in [-0.3, -0.25) is 4.79 Å². The minimum absolute atomic E-state index is 0.122. The Morgan fingerprint density at radius 3 is 2.50 bits per heavy atom. The fraction of sp³-hybridized carbons (Fsp3) is 0.400. The average Bonchev–Trinajstić information content (AvgIpc) is 3.01. The van der Waals surface area contributed by atoms with Crippen molar-refractivity contribution in [2.75, 3.05) is 6.54 Å². The van der Waals surface area contributed by atoms with Crippen molar-refractivity contribution in [2.24, 2.45) is 0 Å². The molecule has 1 saturated carbocycles. The van der Waals surface area contributed by atoms with Crippen molar-refractivity contribution in [3.63, 3.8) is 0 Å². The molecule has 1 aliphatic rings. The van der Waals surface area contributed by atoms with Crippen LogP contribution in [0, 0.1) is 6.92 Å². The van der Waals surface area contributed by atoms with E-state index in [9.17, 15) is 9.90 Å². The number of carbonyl (C=O) groups excluding carboxylic acids is 1. The van der Waals surface area contributed by atoms with E-state index in [1.807, 2.05) is 49.4 Å².